The Morgan fingerprint density at radius 3 is 2.78 bits per heavy atom. The Bertz CT molecular complexity index is 915. The van der Waals surface area contributed by atoms with Crippen molar-refractivity contribution in [3.05, 3.63) is 59.9 Å². The predicted molar refractivity (Wildman–Crippen MR) is 108 cm³/mol. The number of ether oxygens (including phenoxy) is 1. The summed E-state index contributed by atoms with van der Waals surface area (Å²) in [6.45, 7) is 5.94. The van der Waals surface area contributed by atoms with Gasteiger partial charge in [0.2, 0.25) is 0 Å². The van der Waals surface area contributed by atoms with E-state index in [-0.39, 0.29) is 5.91 Å². The van der Waals surface area contributed by atoms with E-state index in [9.17, 15) is 4.79 Å². The molecule has 1 N–H and O–H groups in total. The lowest BCUT2D eigenvalue weighted by Gasteiger charge is -2.11. The highest BCUT2D eigenvalue weighted by Crippen LogP contribution is 2.18. The van der Waals surface area contributed by atoms with Crippen LogP contribution in [0.5, 0.6) is 5.75 Å². The van der Waals surface area contributed by atoms with Crippen LogP contribution in [0.15, 0.2) is 48.5 Å². The van der Waals surface area contributed by atoms with E-state index < -0.39 is 0 Å². The first kappa shape index (κ1) is 19.0. The standard InChI is InChI=1S/C22H27N3O2/c1-16(2)12-14-25-20-10-5-4-9-19(20)24-21(25)11-13-23-22(26)17-7-6-8-18(15-17)27-3/h4-10,15-16H,11-14H2,1-3H3,(H,23,26). The average molecular weight is 365 g/mol. The van der Waals surface area contributed by atoms with Crippen LogP contribution in [0.4, 0.5) is 0 Å². The van der Waals surface area contributed by atoms with E-state index in [1.165, 1.54) is 0 Å². The van der Waals surface area contributed by atoms with Crippen molar-refractivity contribution >= 4 is 16.9 Å². The Labute approximate surface area is 160 Å². The number of para-hydroxylation sites is 2. The number of rotatable bonds is 8. The van der Waals surface area contributed by atoms with Gasteiger partial charge in [-0.3, -0.25) is 4.79 Å². The van der Waals surface area contributed by atoms with Crippen LogP contribution in [0.2, 0.25) is 0 Å². The molecule has 0 bridgehead atoms. The third-order valence-electron chi connectivity index (χ3n) is 4.63. The predicted octanol–water partition coefficient (Wildman–Crippen LogP) is 4.06. The fraction of sp³-hybridized carbons (Fsp3) is 0.364. The van der Waals surface area contributed by atoms with Crippen LogP contribution in [-0.4, -0.2) is 29.1 Å². The Balaban J connectivity index is 1.69. The van der Waals surface area contributed by atoms with Gasteiger partial charge in [-0.1, -0.05) is 32.0 Å². The molecule has 1 aromatic heterocycles. The minimum absolute atomic E-state index is 0.0984. The highest BCUT2D eigenvalue weighted by Gasteiger charge is 2.12. The quantitative estimate of drug-likeness (QED) is 0.655. The third-order valence-corrected chi connectivity index (χ3v) is 4.63. The van der Waals surface area contributed by atoms with Crippen LogP contribution in [0, 0.1) is 5.92 Å². The smallest absolute Gasteiger partial charge is 0.251 e. The van der Waals surface area contributed by atoms with Gasteiger partial charge in [0, 0.05) is 25.1 Å². The molecular weight excluding hydrogens is 338 g/mol. The molecule has 2 aromatic carbocycles. The van der Waals surface area contributed by atoms with Crippen LogP contribution in [-0.2, 0) is 13.0 Å². The molecule has 0 aliphatic heterocycles. The van der Waals surface area contributed by atoms with Crippen LogP contribution in [0.25, 0.3) is 11.0 Å². The lowest BCUT2D eigenvalue weighted by atomic mass is 10.1. The number of nitrogens with zero attached hydrogens (tertiary/aromatic N) is 2. The van der Waals surface area contributed by atoms with Gasteiger partial charge in [0.1, 0.15) is 11.6 Å². The summed E-state index contributed by atoms with van der Waals surface area (Å²) in [7, 11) is 1.60. The number of hydrogen-bond acceptors (Lipinski definition) is 3. The van der Waals surface area contributed by atoms with E-state index in [2.05, 4.69) is 29.8 Å². The van der Waals surface area contributed by atoms with E-state index in [0.29, 0.717) is 30.2 Å². The molecule has 0 unspecified atom stereocenters. The Morgan fingerprint density at radius 2 is 2.00 bits per heavy atom. The second-order valence-electron chi connectivity index (χ2n) is 7.09. The molecule has 1 heterocycles. The molecular formula is C22H27N3O2. The van der Waals surface area contributed by atoms with Crippen molar-refractivity contribution in [3.8, 4) is 5.75 Å². The Hall–Kier alpha value is -2.82. The highest BCUT2D eigenvalue weighted by molar-refractivity contribution is 5.94. The number of nitrogens with one attached hydrogen (secondary N) is 1. The molecule has 3 rings (SSSR count). The summed E-state index contributed by atoms with van der Waals surface area (Å²) >= 11 is 0. The fourth-order valence-electron chi connectivity index (χ4n) is 3.11. The van der Waals surface area contributed by atoms with Crippen LogP contribution in [0.3, 0.4) is 0 Å². The van der Waals surface area contributed by atoms with Gasteiger partial charge in [0.25, 0.3) is 5.91 Å². The molecule has 142 valence electrons. The highest BCUT2D eigenvalue weighted by atomic mass is 16.5. The molecule has 5 heteroatoms. The maximum absolute atomic E-state index is 12.4. The normalized spacial score (nSPS) is 11.1. The van der Waals surface area contributed by atoms with E-state index in [4.69, 9.17) is 9.72 Å². The van der Waals surface area contributed by atoms with Crippen molar-refractivity contribution in [2.45, 2.75) is 33.2 Å². The zero-order valence-corrected chi connectivity index (χ0v) is 16.2. The van der Waals surface area contributed by atoms with Gasteiger partial charge >= 0.3 is 0 Å². The summed E-state index contributed by atoms with van der Waals surface area (Å²) in [6.07, 6.45) is 1.80. The monoisotopic (exact) mass is 365 g/mol. The summed E-state index contributed by atoms with van der Waals surface area (Å²) < 4.78 is 7.47. The number of imidazole rings is 1. The summed E-state index contributed by atoms with van der Waals surface area (Å²) in [5.41, 5.74) is 2.77. The van der Waals surface area contributed by atoms with Gasteiger partial charge < -0.3 is 14.6 Å². The maximum atomic E-state index is 12.4. The fourth-order valence-corrected chi connectivity index (χ4v) is 3.11. The van der Waals surface area contributed by atoms with E-state index in [1.54, 1.807) is 19.2 Å². The molecule has 0 saturated carbocycles. The zero-order chi connectivity index (χ0) is 19.2. The van der Waals surface area contributed by atoms with E-state index in [1.807, 2.05) is 30.3 Å². The SMILES string of the molecule is COc1cccc(C(=O)NCCc2nc3ccccc3n2CCC(C)C)c1. The number of methoxy groups -OCH3 is 1. The number of fused-ring (bicyclic) bond motifs is 1. The molecule has 27 heavy (non-hydrogen) atoms. The van der Waals surface area contributed by atoms with Gasteiger partial charge in [-0.05, 0) is 42.7 Å². The van der Waals surface area contributed by atoms with Gasteiger partial charge in [-0.15, -0.1) is 0 Å². The molecule has 0 spiro atoms. The first-order valence-corrected chi connectivity index (χ1v) is 9.45. The summed E-state index contributed by atoms with van der Waals surface area (Å²) in [5, 5.41) is 2.99. The summed E-state index contributed by atoms with van der Waals surface area (Å²) in [4.78, 5) is 17.2. The topological polar surface area (TPSA) is 56.1 Å². The van der Waals surface area contributed by atoms with Crippen LogP contribution < -0.4 is 10.1 Å². The number of benzene rings is 2. The molecule has 0 aliphatic rings. The number of aryl methyl sites for hydroxylation is 1. The van der Waals surface area contributed by atoms with Crippen molar-refractivity contribution in [2.24, 2.45) is 5.92 Å². The van der Waals surface area contributed by atoms with Crippen molar-refractivity contribution in [1.82, 2.24) is 14.9 Å². The molecule has 0 radical (unpaired) electrons. The Morgan fingerprint density at radius 1 is 1.19 bits per heavy atom. The maximum Gasteiger partial charge on any atom is 0.251 e. The Kier molecular flexibility index (Phi) is 6.12. The molecule has 0 saturated heterocycles. The van der Waals surface area contributed by atoms with Crippen molar-refractivity contribution in [2.75, 3.05) is 13.7 Å². The molecule has 1 amide bonds. The minimum Gasteiger partial charge on any atom is -0.497 e. The summed E-state index contributed by atoms with van der Waals surface area (Å²) in [6, 6.07) is 15.4. The third kappa shape index (κ3) is 4.67. The first-order chi connectivity index (χ1) is 13.1. The van der Waals surface area contributed by atoms with Gasteiger partial charge in [-0.25, -0.2) is 4.98 Å². The zero-order valence-electron chi connectivity index (χ0n) is 16.2. The molecule has 0 atom stereocenters. The number of carbonyl (C=O) groups excluding carboxylic acids is 1. The molecule has 0 fully saturated rings. The number of amides is 1. The van der Waals surface area contributed by atoms with Crippen molar-refractivity contribution < 1.29 is 9.53 Å². The molecule has 3 aromatic rings. The van der Waals surface area contributed by atoms with Gasteiger partial charge in [-0.2, -0.15) is 0 Å². The molecule has 5 nitrogen and oxygen atoms in total. The van der Waals surface area contributed by atoms with Crippen molar-refractivity contribution in [3.63, 3.8) is 0 Å². The van der Waals surface area contributed by atoms with Crippen LogP contribution >= 0.6 is 0 Å². The minimum atomic E-state index is -0.0984. The van der Waals surface area contributed by atoms with Gasteiger partial charge in [0.05, 0.1) is 18.1 Å². The second-order valence-corrected chi connectivity index (χ2v) is 7.09. The van der Waals surface area contributed by atoms with Gasteiger partial charge in [0.15, 0.2) is 0 Å². The largest absolute Gasteiger partial charge is 0.497 e. The second kappa shape index (κ2) is 8.71. The van der Waals surface area contributed by atoms with Crippen LogP contribution in [0.1, 0.15) is 36.5 Å². The molecule has 0 aliphatic carbocycles. The number of hydrogen-bond donors (Lipinski definition) is 1. The van der Waals surface area contributed by atoms with E-state index >= 15 is 0 Å². The number of aromatic nitrogens is 2. The average Bonchev–Trinajstić information content (AvgIpc) is 3.03. The summed E-state index contributed by atoms with van der Waals surface area (Å²) in [5.74, 6) is 2.23. The number of carbonyl (C=O) groups is 1. The lowest BCUT2D eigenvalue weighted by molar-refractivity contribution is 0.0953. The van der Waals surface area contributed by atoms with E-state index in [0.717, 1.165) is 29.8 Å². The first-order valence-electron chi connectivity index (χ1n) is 9.45. The van der Waals surface area contributed by atoms with Crippen molar-refractivity contribution in [1.29, 1.82) is 0 Å². The lowest BCUT2D eigenvalue weighted by Crippen LogP contribution is -2.26.